The lowest BCUT2D eigenvalue weighted by Crippen LogP contribution is -2.51. The number of ether oxygens (including phenoxy) is 3. The van der Waals surface area contributed by atoms with Gasteiger partial charge in [-0.25, -0.2) is 0 Å². The number of amides is 1. The summed E-state index contributed by atoms with van der Waals surface area (Å²) >= 11 is 0. The minimum atomic E-state index is -0.267. The number of hydrogen-bond acceptors (Lipinski definition) is 5. The zero-order chi connectivity index (χ0) is 18.3. The van der Waals surface area contributed by atoms with E-state index in [0.29, 0.717) is 0 Å². The molecule has 0 bridgehead atoms. The molecule has 1 aromatic rings. The van der Waals surface area contributed by atoms with Gasteiger partial charge in [0.15, 0.2) is 11.5 Å². The van der Waals surface area contributed by atoms with Crippen LogP contribution in [0.15, 0.2) is 12.1 Å². The van der Waals surface area contributed by atoms with E-state index in [1.54, 1.807) is 14.2 Å². The fourth-order valence-electron chi connectivity index (χ4n) is 4.74. The van der Waals surface area contributed by atoms with Crippen LogP contribution in [0.5, 0.6) is 11.5 Å². The predicted octanol–water partition coefficient (Wildman–Crippen LogP) is 1.80. The lowest BCUT2D eigenvalue weighted by molar-refractivity contribution is -0.135. The molecular formula is C20H28N2O4. The van der Waals surface area contributed by atoms with Crippen molar-refractivity contribution >= 4 is 5.91 Å². The Labute approximate surface area is 155 Å². The number of carbonyl (C=O) groups excluding carboxylic acids is 1. The number of rotatable bonds is 3. The first-order valence-corrected chi connectivity index (χ1v) is 9.46. The van der Waals surface area contributed by atoms with Gasteiger partial charge in [0.1, 0.15) is 0 Å². The van der Waals surface area contributed by atoms with Crippen LogP contribution >= 0.6 is 0 Å². The maximum absolute atomic E-state index is 12.3. The lowest BCUT2D eigenvalue weighted by atomic mass is 9.79. The highest BCUT2D eigenvalue weighted by Gasteiger charge is 2.44. The highest BCUT2D eigenvalue weighted by atomic mass is 16.5. The second kappa shape index (κ2) is 6.74. The van der Waals surface area contributed by atoms with E-state index in [4.69, 9.17) is 14.2 Å². The smallest absolute Gasteiger partial charge is 0.239 e. The standard InChI is InChI=1S/C20H28N2O4/c1-21-8-4-16(19(21)23)22-9-6-20(7-10-22)15-13-18(25-3)17(24-2)12-14(15)5-11-26-20/h12-13,16H,4-11H2,1-3H3. The maximum Gasteiger partial charge on any atom is 0.239 e. The summed E-state index contributed by atoms with van der Waals surface area (Å²) in [4.78, 5) is 16.5. The van der Waals surface area contributed by atoms with Gasteiger partial charge in [-0.05, 0) is 48.9 Å². The van der Waals surface area contributed by atoms with Gasteiger partial charge in [-0.2, -0.15) is 0 Å². The summed E-state index contributed by atoms with van der Waals surface area (Å²) in [7, 11) is 5.24. The van der Waals surface area contributed by atoms with Gasteiger partial charge >= 0.3 is 0 Å². The van der Waals surface area contributed by atoms with Crippen LogP contribution in [0.25, 0.3) is 0 Å². The molecule has 1 unspecified atom stereocenters. The fourth-order valence-corrected chi connectivity index (χ4v) is 4.74. The topological polar surface area (TPSA) is 51.2 Å². The average molecular weight is 360 g/mol. The van der Waals surface area contributed by atoms with Crippen molar-refractivity contribution in [2.24, 2.45) is 0 Å². The summed E-state index contributed by atoms with van der Waals surface area (Å²) in [5.74, 6) is 1.80. The molecule has 0 radical (unpaired) electrons. The van der Waals surface area contributed by atoms with Crippen molar-refractivity contribution in [2.45, 2.75) is 37.3 Å². The van der Waals surface area contributed by atoms with Crippen LogP contribution in [0.1, 0.15) is 30.4 Å². The van der Waals surface area contributed by atoms with Crippen molar-refractivity contribution in [3.8, 4) is 11.5 Å². The second-order valence-corrected chi connectivity index (χ2v) is 7.56. The zero-order valence-electron chi connectivity index (χ0n) is 15.9. The molecule has 1 spiro atoms. The minimum Gasteiger partial charge on any atom is -0.493 e. The Morgan fingerprint density at radius 2 is 1.81 bits per heavy atom. The van der Waals surface area contributed by atoms with Gasteiger partial charge in [0.05, 0.1) is 32.5 Å². The van der Waals surface area contributed by atoms with Crippen molar-refractivity contribution < 1.29 is 19.0 Å². The number of carbonyl (C=O) groups is 1. The molecule has 0 saturated carbocycles. The number of piperidine rings is 1. The fraction of sp³-hybridized carbons (Fsp3) is 0.650. The lowest BCUT2D eigenvalue weighted by Gasteiger charge is -2.46. The Bertz CT molecular complexity index is 697. The Balaban J connectivity index is 1.57. The van der Waals surface area contributed by atoms with Crippen LogP contribution in [-0.2, 0) is 21.6 Å². The number of likely N-dealkylation sites (N-methyl/N-ethyl adjacent to an activating group) is 1. The molecule has 3 aliphatic rings. The predicted molar refractivity (Wildman–Crippen MR) is 97.7 cm³/mol. The molecule has 2 fully saturated rings. The summed E-state index contributed by atoms with van der Waals surface area (Å²) < 4.78 is 17.3. The van der Waals surface area contributed by atoms with Crippen LogP contribution in [0.2, 0.25) is 0 Å². The molecule has 0 aliphatic carbocycles. The first-order valence-electron chi connectivity index (χ1n) is 9.46. The summed E-state index contributed by atoms with van der Waals surface area (Å²) in [6, 6.07) is 4.24. The van der Waals surface area contributed by atoms with E-state index in [9.17, 15) is 4.79 Å². The number of methoxy groups -OCH3 is 2. The molecule has 6 nitrogen and oxygen atoms in total. The van der Waals surface area contributed by atoms with Crippen molar-refractivity contribution in [1.82, 2.24) is 9.80 Å². The molecule has 1 amide bonds. The van der Waals surface area contributed by atoms with Gasteiger partial charge < -0.3 is 19.1 Å². The molecule has 6 heteroatoms. The van der Waals surface area contributed by atoms with Gasteiger partial charge in [0.2, 0.25) is 5.91 Å². The molecule has 26 heavy (non-hydrogen) atoms. The van der Waals surface area contributed by atoms with Crippen molar-refractivity contribution in [3.05, 3.63) is 23.3 Å². The minimum absolute atomic E-state index is 0.0471. The summed E-state index contributed by atoms with van der Waals surface area (Å²) in [5.41, 5.74) is 2.26. The number of hydrogen-bond donors (Lipinski definition) is 0. The molecule has 0 N–H and O–H groups in total. The number of nitrogens with zero attached hydrogens (tertiary/aromatic N) is 2. The summed E-state index contributed by atoms with van der Waals surface area (Å²) in [6.45, 7) is 3.37. The third-order valence-corrected chi connectivity index (χ3v) is 6.30. The van der Waals surface area contributed by atoms with E-state index in [0.717, 1.165) is 63.4 Å². The summed E-state index contributed by atoms with van der Waals surface area (Å²) in [6.07, 6.45) is 3.64. The average Bonchev–Trinajstić information content (AvgIpc) is 3.00. The number of fused-ring (bicyclic) bond motifs is 2. The maximum atomic E-state index is 12.3. The quantitative estimate of drug-likeness (QED) is 0.823. The van der Waals surface area contributed by atoms with Crippen molar-refractivity contribution in [1.29, 1.82) is 0 Å². The van der Waals surface area contributed by atoms with Gasteiger partial charge in [0, 0.05) is 26.7 Å². The molecule has 0 aromatic heterocycles. The number of benzene rings is 1. The van der Waals surface area contributed by atoms with Crippen LogP contribution < -0.4 is 9.47 Å². The van der Waals surface area contributed by atoms with Crippen LogP contribution in [-0.4, -0.2) is 69.3 Å². The molecule has 142 valence electrons. The SMILES string of the molecule is COc1cc2c(cc1OC)C1(CCN(C3CCN(C)C3=O)CC1)OCC2. The largest absolute Gasteiger partial charge is 0.493 e. The van der Waals surface area contributed by atoms with Gasteiger partial charge in [-0.15, -0.1) is 0 Å². The van der Waals surface area contributed by atoms with Gasteiger partial charge in [-0.1, -0.05) is 0 Å². The normalized spacial score (nSPS) is 25.4. The Hall–Kier alpha value is -1.79. The molecule has 4 rings (SSSR count). The Kier molecular flexibility index (Phi) is 4.57. The Morgan fingerprint density at radius 1 is 1.12 bits per heavy atom. The van der Waals surface area contributed by atoms with Crippen LogP contribution in [0.4, 0.5) is 0 Å². The van der Waals surface area contributed by atoms with Crippen molar-refractivity contribution in [2.75, 3.05) is 47.5 Å². The van der Waals surface area contributed by atoms with Crippen LogP contribution in [0, 0.1) is 0 Å². The third-order valence-electron chi connectivity index (χ3n) is 6.30. The summed E-state index contributed by atoms with van der Waals surface area (Å²) in [5, 5.41) is 0. The first kappa shape index (κ1) is 17.6. The van der Waals surface area contributed by atoms with E-state index in [1.807, 2.05) is 11.9 Å². The van der Waals surface area contributed by atoms with E-state index < -0.39 is 0 Å². The van der Waals surface area contributed by atoms with E-state index in [1.165, 1.54) is 11.1 Å². The molecule has 1 aromatic carbocycles. The molecule has 2 saturated heterocycles. The highest BCUT2D eigenvalue weighted by Crippen LogP contribution is 2.45. The van der Waals surface area contributed by atoms with E-state index in [2.05, 4.69) is 17.0 Å². The highest BCUT2D eigenvalue weighted by molar-refractivity contribution is 5.83. The van der Waals surface area contributed by atoms with Gasteiger partial charge in [0.25, 0.3) is 0 Å². The Morgan fingerprint density at radius 3 is 2.42 bits per heavy atom. The van der Waals surface area contributed by atoms with E-state index in [-0.39, 0.29) is 17.6 Å². The van der Waals surface area contributed by atoms with E-state index >= 15 is 0 Å². The molecule has 3 aliphatic heterocycles. The monoisotopic (exact) mass is 360 g/mol. The zero-order valence-corrected chi connectivity index (χ0v) is 15.9. The number of likely N-dealkylation sites (tertiary alicyclic amines) is 2. The first-order chi connectivity index (χ1) is 12.6. The van der Waals surface area contributed by atoms with Gasteiger partial charge in [-0.3, -0.25) is 9.69 Å². The molecule has 3 heterocycles. The molecular weight excluding hydrogens is 332 g/mol. The molecule has 1 atom stereocenters. The second-order valence-electron chi connectivity index (χ2n) is 7.56. The van der Waals surface area contributed by atoms with Crippen LogP contribution in [0.3, 0.4) is 0 Å². The van der Waals surface area contributed by atoms with Crippen molar-refractivity contribution in [3.63, 3.8) is 0 Å². The third kappa shape index (κ3) is 2.76.